The summed E-state index contributed by atoms with van der Waals surface area (Å²) in [7, 11) is -3.53. The maximum absolute atomic E-state index is 12.7. The van der Waals surface area contributed by atoms with E-state index in [0.29, 0.717) is 19.0 Å². The second-order valence-electron chi connectivity index (χ2n) is 4.71. The smallest absolute Gasteiger partial charge is 0.207 e. The lowest BCUT2D eigenvalue weighted by Gasteiger charge is -2.25. The van der Waals surface area contributed by atoms with Crippen LogP contribution in [-0.2, 0) is 10.0 Å². The monoisotopic (exact) mass is 381 g/mol. The van der Waals surface area contributed by atoms with E-state index in [1.54, 1.807) is 18.2 Å². The molecule has 1 aromatic rings. The Kier molecular flexibility index (Phi) is 6.98. The zero-order valence-corrected chi connectivity index (χ0v) is 15.2. The first-order chi connectivity index (χ1) is 9.36. The van der Waals surface area contributed by atoms with E-state index in [1.807, 2.05) is 6.92 Å². The Balaban J connectivity index is 3.11. The van der Waals surface area contributed by atoms with Gasteiger partial charge >= 0.3 is 0 Å². The average molecular weight is 383 g/mol. The molecular formula is C14H21BrClNO2S. The standard InChI is InChI=1S/C14H21BrClNO2S/c1-4-11(5-2)10-17(6-3)20(18,19)14-8-7-12(15)9-13(14)16/h7-9,11H,4-6,10H2,1-3H3. The number of benzene rings is 1. The third-order valence-electron chi connectivity index (χ3n) is 3.48. The first kappa shape index (κ1) is 18.0. The molecule has 0 radical (unpaired) electrons. The zero-order valence-electron chi connectivity index (χ0n) is 12.1. The molecule has 6 heteroatoms. The molecular weight excluding hydrogens is 362 g/mol. The molecule has 0 saturated heterocycles. The zero-order chi connectivity index (χ0) is 15.3. The van der Waals surface area contributed by atoms with E-state index in [-0.39, 0.29) is 9.92 Å². The van der Waals surface area contributed by atoms with Gasteiger partial charge < -0.3 is 0 Å². The highest BCUT2D eigenvalue weighted by Crippen LogP contribution is 2.28. The highest BCUT2D eigenvalue weighted by Gasteiger charge is 2.27. The van der Waals surface area contributed by atoms with Gasteiger partial charge in [0.25, 0.3) is 0 Å². The minimum Gasteiger partial charge on any atom is -0.207 e. The molecule has 1 aromatic carbocycles. The molecule has 0 amide bonds. The quantitative estimate of drug-likeness (QED) is 0.693. The fourth-order valence-corrected chi connectivity index (χ4v) is 4.59. The van der Waals surface area contributed by atoms with Gasteiger partial charge in [0.05, 0.1) is 5.02 Å². The van der Waals surface area contributed by atoms with Gasteiger partial charge in [0.15, 0.2) is 0 Å². The summed E-state index contributed by atoms with van der Waals surface area (Å²) < 4.78 is 27.7. The minimum atomic E-state index is -3.53. The number of nitrogens with zero attached hydrogens (tertiary/aromatic N) is 1. The van der Waals surface area contributed by atoms with Crippen molar-refractivity contribution in [3.8, 4) is 0 Å². The summed E-state index contributed by atoms with van der Waals surface area (Å²) in [5.41, 5.74) is 0. The van der Waals surface area contributed by atoms with Gasteiger partial charge in [-0.05, 0) is 24.1 Å². The second-order valence-corrected chi connectivity index (χ2v) is 7.94. The topological polar surface area (TPSA) is 37.4 Å². The molecule has 0 unspecified atom stereocenters. The van der Waals surface area contributed by atoms with E-state index in [2.05, 4.69) is 29.8 Å². The Morgan fingerprint density at radius 1 is 1.25 bits per heavy atom. The van der Waals surface area contributed by atoms with Crippen molar-refractivity contribution in [1.82, 2.24) is 4.31 Å². The summed E-state index contributed by atoms with van der Waals surface area (Å²) in [6, 6.07) is 4.86. The minimum absolute atomic E-state index is 0.176. The van der Waals surface area contributed by atoms with Crippen molar-refractivity contribution in [2.45, 2.75) is 38.5 Å². The Hall–Kier alpha value is -0.100. The van der Waals surface area contributed by atoms with E-state index >= 15 is 0 Å². The summed E-state index contributed by atoms with van der Waals surface area (Å²) >= 11 is 9.37. The summed E-state index contributed by atoms with van der Waals surface area (Å²) in [6.45, 7) is 7.01. The van der Waals surface area contributed by atoms with Crippen LogP contribution in [-0.4, -0.2) is 25.8 Å². The lowest BCUT2D eigenvalue weighted by molar-refractivity contribution is 0.339. The van der Waals surface area contributed by atoms with Gasteiger partial charge in [0.2, 0.25) is 10.0 Å². The summed E-state index contributed by atoms with van der Waals surface area (Å²) in [6.07, 6.45) is 1.94. The second kappa shape index (κ2) is 7.78. The molecule has 0 N–H and O–H groups in total. The van der Waals surface area contributed by atoms with Crippen molar-refractivity contribution >= 4 is 37.6 Å². The van der Waals surface area contributed by atoms with Crippen LogP contribution in [0.3, 0.4) is 0 Å². The lowest BCUT2D eigenvalue weighted by Crippen LogP contribution is -2.35. The molecule has 114 valence electrons. The molecule has 1 rings (SSSR count). The van der Waals surface area contributed by atoms with Crippen molar-refractivity contribution in [3.63, 3.8) is 0 Å². The third kappa shape index (κ3) is 4.20. The Labute approximate surface area is 135 Å². The van der Waals surface area contributed by atoms with Gasteiger partial charge in [0, 0.05) is 17.6 Å². The Bertz CT molecular complexity index is 544. The maximum atomic E-state index is 12.7. The maximum Gasteiger partial charge on any atom is 0.244 e. The third-order valence-corrected chi connectivity index (χ3v) is 6.40. The number of hydrogen-bond donors (Lipinski definition) is 0. The van der Waals surface area contributed by atoms with Crippen molar-refractivity contribution in [2.75, 3.05) is 13.1 Å². The fourth-order valence-electron chi connectivity index (χ4n) is 2.06. The molecule has 0 spiro atoms. The predicted octanol–water partition coefficient (Wildman–Crippen LogP) is 4.55. The van der Waals surface area contributed by atoms with Gasteiger partial charge in [0.1, 0.15) is 4.90 Å². The largest absolute Gasteiger partial charge is 0.244 e. The molecule has 0 saturated carbocycles. The van der Waals surface area contributed by atoms with Crippen LogP contribution in [0.15, 0.2) is 27.6 Å². The molecule has 0 bridgehead atoms. The van der Waals surface area contributed by atoms with Crippen LogP contribution >= 0.6 is 27.5 Å². The Morgan fingerprint density at radius 2 is 1.85 bits per heavy atom. The van der Waals surface area contributed by atoms with Crippen LogP contribution in [0.5, 0.6) is 0 Å². The van der Waals surface area contributed by atoms with Crippen molar-refractivity contribution < 1.29 is 8.42 Å². The highest BCUT2D eigenvalue weighted by atomic mass is 79.9. The van der Waals surface area contributed by atoms with Gasteiger partial charge in [-0.15, -0.1) is 0 Å². The lowest BCUT2D eigenvalue weighted by atomic mass is 10.0. The van der Waals surface area contributed by atoms with Crippen molar-refractivity contribution in [2.24, 2.45) is 5.92 Å². The summed E-state index contributed by atoms with van der Waals surface area (Å²) in [5, 5.41) is 0.252. The SMILES string of the molecule is CCC(CC)CN(CC)S(=O)(=O)c1ccc(Br)cc1Cl. The van der Waals surface area contributed by atoms with Gasteiger partial charge in [-0.1, -0.05) is 61.1 Å². The van der Waals surface area contributed by atoms with Gasteiger partial charge in [-0.2, -0.15) is 4.31 Å². The van der Waals surface area contributed by atoms with Crippen LogP contribution in [0.2, 0.25) is 5.02 Å². The molecule has 20 heavy (non-hydrogen) atoms. The number of rotatable bonds is 7. The molecule has 0 fully saturated rings. The summed E-state index contributed by atoms with van der Waals surface area (Å²) in [4.78, 5) is 0.176. The van der Waals surface area contributed by atoms with Crippen LogP contribution in [0.4, 0.5) is 0 Å². The van der Waals surface area contributed by atoms with Gasteiger partial charge in [-0.3, -0.25) is 0 Å². The predicted molar refractivity (Wildman–Crippen MR) is 87.7 cm³/mol. The normalized spacial score (nSPS) is 12.3. The van der Waals surface area contributed by atoms with Crippen molar-refractivity contribution in [3.05, 3.63) is 27.7 Å². The van der Waals surface area contributed by atoms with Crippen molar-refractivity contribution in [1.29, 1.82) is 0 Å². The first-order valence-corrected chi connectivity index (χ1v) is 9.43. The van der Waals surface area contributed by atoms with Crippen LogP contribution < -0.4 is 0 Å². The van der Waals surface area contributed by atoms with E-state index < -0.39 is 10.0 Å². The van der Waals surface area contributed by atoms with E-state index in [4.69, 9.17) is 11.6 Å². The molecule has 0 atom stereocenters. The Morgan fingerprint density at radius 3 is 2.30 bits per heavy atom. The van der Waals surface area contributed by atoms with Crippen LogP contribution in [0.25, 0.3) is 0 Å². The number of hydrogen-bond acceptors (Lipinski definition) is 2. The number of sulfonamides is 1. The molecule has 0 aliphatic carbocycles. The van der Waals surface area contributed by atoms with Crippen LogP contribution in [0, 0.1) is 5.92 Å². The summed E-state index contributed by atoms with van der Waals surface area (Å²) in [5.74, 6) is 0.374. The van der Waals surface area contributed by atoms with E-state index in [0.717, 1.165) is 17.3 Å². The number of halogens is 2. The van der Waals surface area contributed by atoms with E-state index in [9.17, 15) is 8.42 Å². The molecule has 0 heterocycles. The molecule has 3 nitrogen and oxygen atoms in total. The van der Waals surface area contributed by atoms with E-state index in [1.165, 1.54) is 4.31 Å². The van der Waals surface area contributed by atoms with Crippen LogP contribution in [0.1, 0.15) is 33.6 Å². The first-order valence-electron chi connectivity index (χ1n) is 6.81. The highest BCUT2D eigenvalue weighted by molar-refractivity contribution is 9.10. The fraction of sp³-hybridized carbons (Fsp3) is 0.571. The average Bonchev–Trinajstić information content (AvgIpc) is 2.39. The molecule has 0 aliphatic heterocycles. The molecule has 0 aromatic heterocycles. The van der Waals surface area contributed by atoms with Gasteiger partial charge in [-0.25, -0.2) is 8.42 Å². The molecule has 0 aliphatic rings.